The molecule has 4 heteroatoms. The molecule has 0 amide bonds. The third kappa shape index (κ3) is 3.97. The molecule has 0 unspecified atom stereocenters. The first-order valence-corrected chi connectivity index (χ1v) is 7.92. The lowest BCUT2D eigenvalue weighted by Gasteiger charge is -2.06. The van der Waals surface area contributed by atoms with Gasteiger partial charge in [-0.3, -0.25) is 0 Å². The van der Waals surface area contributed by atoms with Crippen LogP contribution < -0.4 is 5.73 Å². The number of nitrogens with two attached hydrogens (primary N) is 1. The minimum atomic E-state index is 0.556. The first-order valence-electron chi connectivity index (χ1n) is 7.92. The highest BCUT2D eigenvalue weighted by Gasteiger charge is 2.04. The Bertz CT molecular complexity index is 772. The van der Waals surface area contributed by atoms with Crippen LogP contribution in [0.2, 0.25) is 0 Å². The second kappa shape index (κ2) is 6.65. The second-order valence-corrected chi connectivity index (χ2v) is 6.23. The molecule has 2 N–H and O–H groups in total. The van der Waals surface area contributed by atoms with Crippen molar-refractivity contribution >= 4 is 5.69 Å². The molecule has 0 saturated heterocycles. The van der Waals surface area contributed by atoms with Gasteiger partial charge in [0.2, 0.25) is 0 Å². The summed E-state index contributed by atoms with van der Waals surface area (Å²) in [7, 11) is 0. The summed E-state index contributed by atoms with van der Waals surface area (Å²) in [6.45, 7) is 5.15. The molecule has 0 aliphatic rings. The zero-order chi connectivity index (χ0) is 16.2. The topological polar surface area (TPSA) is 56.7 Å². The van der Waals surface area contributed by atoms with Crippen molar-refractivity contribution in [2.75, 3.05) is 5.73 Å². The highest BCUT2D eigenvalue weighted by Crippen LogP contribution is 2.15. The van der Waals surface area contributed by atoms with Crippen LogP contribution in [0.25, 0.3) is 0 Å². The van der Waals surface area contributed by atoms with Crippen molar-refractivity contribution < 1.29 is 0 Å². The smallest absolute Gasteiger partial charge is 0.0871 e. The van der Waals surface area contributed by atoms with Crippen LogP contribution in [0.4, 0.5) is 5.69 Å². The van der Waals surface area contributed by atoms with E-state index in [2.05, 4.69) is 54.5 Å². The number of hydrogen-bond donors (Lipinski definition) is 1. The zero-order valence-electron chi connectivity index (χ0n) is 13.6. The van der Waals surface area contributed by atoms with Crippen LogP contribution in [0.1, 0.15) is 42.1 Å². The van der Waals surface area contributed by atoms with Gasteiger partial charge in [0, 0.05) is 18.3 Å². The number of nitrogens with zero attached hydrogens (tertiary/aromatic N) is 3. The number of anilines is 1. The largest absolute Gasteiger partial charge is 0.399 e. The summed E-state index contributed by atoms with van der Waals surface area (Å²) in [4.78, 5) is 0. The Balaban J connectivity index is 1.67. The molecule has 0 bridgehead atoms. The van der Waals surface area contributed by atoms with E-state index < -0.39 is 0 Å². The van der Waals surface area contributed by atoms with Gasteiger partial charge < -0.3 is 5.73 Å². The normalized spacial score (nSPS) is 11.1. The molecule has 0 saturated carbocycles. The van der Waals surface area contributed by atoms with E-state index in [0.29, 0.717) is 5.92 Å². The van der Waals surface area contributed by atoms with Gasteiger partial charge in [-0.1, -0.05) is 55.5 Å². The summed E-state index contributed by atoms with van der Waals surface area (Å²) in [6.07, 6.45) is 2.75. The van der Waals surface area contributed by atoms with Crippen LogP contribution in [-0.4, -0.2) is 15.0 Å². The van der Waals surface area contributed by atoms with Crippen molar-refractivity contribution in [1.29, 1.82) is 0 Å². The number of rotatable bonds is 5. The lowest BCUT2D eigenvalue weighted by Crippen LogP contribution is -2.00. The molecule has 1 heterocycles. The quantitative estimate of drug-likeness (QED) is 0.732. The van der Waals surface area contributed by atoms with Crippen LogP contribution in [0.5, 0.6) is 0 Å². The van der Waals surface area contributed by atoms with E-state index in [0.717, 1.165) is 29.9 Å². The van der Waals surface area contributed by atoms with Crippen molar-refractivity contribution in [3.63, 3.8) is 0 Å². The van der Waals surface area contributed by atoms with Gasteiger partial charge in [0.1, 0.15) is 0 Å². The van der Waals surface area contributed by atoms with Gasteiger partial charge in [0.25, 0.3) is 0 Å². The molecule has 118 valence electrons. The summed E-state index contributed by atoms with van der Waals surface area (Å²) in [5.74, 6) is 0.556. The number of nitrogen functional groups attached to an aromatic ring is 1. The molecule has 1 aromatic heterocycles. The fourth-order valence-corrected chi connectivity index (χ4v) is 2.60. The van der Waals surface area contributed by atoms with E-state index in [1.54, 1.807) is 0 Å². The zero-order valence-corrected chi connectivity index (χ0v) is 13.6. The molecular formula is C19H22N4. The molecule has 0 radical (unpaired) electrons. The minimum absolute atomic E-state index is 0.556. The van der Waals surface area contributed by atoms with Gasteiger partial charge in [-0.25, -0.2) is 4.68 Å². The Labute approximate surface area is 137 Å². The van der Waals surface area contributed by atoms with Gasteiger partial charge in [0.05, 0.1) is 12.2 Å². The first-order chi connectivity index (χ1) is 11.1. The maximum Gasteiger partial charge on any atom is 0.0871 e. The van der Waals surface area contributed by atoms with Crippen LogP contribution in [-0.2, 0) is 13.0 Å². The minimum Gasteiger partial charge on any atom is -0.399 e. The third-order valence-electron chi connectivity index (χ3n) is 3.91. The second-order valence-electron chi connectivity index (χ2n) is 6.23. The van der Waals surface area contributed by atoms with E-state index in [9.17, 15) is 0 Å². The van der Waals surface area contributed by atoms with Gasteiger partial charge >= 0.3 is 0 Å². The van der Waals surface area contributed by atoms with Crippen LogP contribution >= 0.6 is 0 Å². The van der Waals surface area contributed by atoms with E-state index in [1.807, 2.05) is 29.1 Å². The van der Waals surface area contributed by atoms with Crippen molar-refractivity contribution in [1.82, 2.24) is 15.0 Å². The Morgan fingerprint density at radius 1 is 1.04 bits per heavy atom. The highest BCUT2D eigenvalue weighted by atomic mass is 15.4. The molecular weight excluding hydrogens is 284 g/mol. The average molecular weight is 306 g/mol. The summed E-state index contributed by atoms with van der Waals surface area (Å²) in [6, 6.07) is 16.6. The maximum atomic E-state index is 5.81. The van der Waals surface area contributed by atoms with Gasteiger partial charge in [-0.05, 0) is 34.7 Å². The van der Waals surface area contributed by atoms with Crippen LogP contribution in [0.3, 0.4) is 0 Å². The maximum absolute atomic E-state index is 5.81. The van der Waals surface area contributed by atoms with Gasteiger partial charge in [-0.2, -0.15) is 0 Å². The first kappa shape index (κ1) is 15.3. The summed E-state index contributed by atoms with van der Waals surface area (Å²) in [5.41, 5.74) is 11.3. The van der Waals surface area contributed by atoms with Crippen molar-refractivity contribution in [3.8, 4) is 0 Å². The molecule has 3 aromatic rings. The average Bonchev–Trinajstić information content (AvgIpc) is 2.95. The predicted octanol–water partition coefficient (Wildman–Crippen LogP) is 3.62. The van der Waals surface area contributed by atoms with Crippen LogP contribution in [0, 0.1) is 0 Å². The summed E-state index contributed by atoms with van der Waals surface area (Å²) in [5, 5.41) is 8.48. The molecule has 0 fully saturated rings. The van der Waals surface area contributed by atoms with Crippen molar-refractivity contribution in [3.05, 3.63) is 77.1 Å². The fourth-order valence-electron chi connectivity index (χ4n) is 2.60. The standard InChI is InChI=1S/C19H22N4/c1-14(2)17-8-6-15(7-9-17)12-23-13-19(21-22-23)11-16-4-3-5-18(20)10-16/h3-10,13-14H,11-12,20H2,1-2H3. The fraction of sp³-hybridized carbons (Fsp3) is 0.263. The van der Waals surface area contributed by atoms with Crippen molar-refractivity contribution in [2.24, 2.45) is 0 Å². The van der Waals surface area contributed by atoms with E-state index in [1.165, 1.54) is 11.1 Å². The van der Waals surface area contributed by atoms with Gasteiger partial charge in [0.15, 0.2) is 0 Å². The van der Waals surface area contributed by atoms with E-state index in [4.69, 9.17) is 5.73 Å². The molecule has 0 aliphatic heterocycles. The Morgan fingerprint density at radius 3 is 2.52 bits per heavy atom. The van der Waals surface area contributed by atoms with Crippen molar-refractivity contribution in [2.45, 2.75) is 32.7 Å². The summed E-state index contributed by atoms with van der Waals surface area (Å²) < 4.78 is 1.88. The number of hydrogen-bond acceptors (Lipinski definition) is 3. The number of benzene rings is 2. The molecule has 2 aromatic carbocycles. The predicted molar refractivity (Wildman–Crippen MR) is 93.3 cm³/mol. The Kier molecular flexibility index (Phi) is 4.42. The van der Waals surface area contributed by atoms with E-state index >= 15 is 0 Å². The van der Waals surface area contributed by atoms with Crippen LogP contribution in [0.15, 0.2) is 54.7 Å². The number of aromatic nitrogens is 3. The molecule has 3 rings (SSSR count). The monoisotopic (exact) mass is 306 g/mol. The summed E-state index contributed by atoms with van der Waals surface area (Å²) >= 11 is 0. The molecule has 4 nitrogen and oxygen atoms in total. The van der Waals surface area contributed by atoms with E-state index in [-0.39, 0.29) is 0 Å². The molecule has 0 atom stereocenters. The van der Waals surface area contributed by atoms with Gasteiger partial charge in [-0.15, -0.1) is 5.10 Å². The Morgan fingerprint density at radius 2 is 1.83 bits per heavy atom. The lowest BCUT2D eigenvalue weighted by atomic mass is 10.0. The molecule has 23 heavy (non-hydrogen) atoms. The Hall–Kier alpha value is -2.62. The molecule has 0 spiro atoms. The molecule has 0 aliphatic carbocycles. The highest BCUT2D eigenvalue weighted by molar-refractivity contribution is 5.41. The SMILES string of the molecule is CC(C)c1ccc(Cn2cc(Cc3cccc(N)c3)nn2)cc1. The third-order valence-corrected chi connectivity index (χ3v) is 3.91. The lowest BCUT2D eigenvalue weighted by molar-refractivity contribution is 0.649.